The van der Waals surface area contributed by atoms with E-state index in [1.54, 1.807) is 19.2 Å². The first-order valence-corrected chi connectivity index (χ1v) is 9.04. The first kappa shape index (κ1) is 19.6. The van der Waals surface area contributed by atoms with E-state index < -0.39 is 5.41 Å². The number of ether oxygens (including phenoxy) is 1. The molecule has 0 unspecified atom stereocenters. The molecule has 0 fully saturated rings. The van der Waals surface area contributed by atoms with Gasteiger partial charge in [-0.1, -0.05) is 44.2 Å². The van der Waals surface area contributed by atoms with E-state index in [1.807, 2.05) is 50.3 Å². The van der Waals surface area contributed by atoms with E-state index in [0.29, 0.717) is 25.1 Å². The highest BCUT2D eigenvalue weighted by molar-refractivity contribution is 6.00. The molecule has 1 heterocycles. The van der Waals surface area contributed by atoms with Gasteiger partial charge in [-0.05, 0) is 31.9 Å². The van der Waals surface area contributed by atoms with Crippen LogP contribution in [0.4, 0.5) is 5.69 Å². The van der Waals surface area contributed by atoms with E-state index >= 15 is 0 Å². The Labute approximate surface area is 154 Å². The van der Waals surface area contributed by atoms with Crippen LogP contribution >= 0.6 is 0 Å². The van der Waals surface area contributed by atoms with Crippen molar-refractivity contribution in [3.63, 3.8) is 0 Å². The Morgan fingerprint density at radius 1 is 1.15 bits per heavy atom. The van der Waals surface area contributed by atoms with Crippen LogP contribution in [-0.4, -0.2) is 23.5 Å². The van der Waals surface area contributed by atoms with Crippen molar-refractivity contribution in [1.29, 1.82) is 0 Å². The summed E-state index contributed by atoms with van der Waals surface area (Å²) in [4.78, 5) is 28.9. The number of carbonyl (C=O) groups is 2. The van der Waals surface area contributed by atoms with Gasteiger partial charge < -0.3 is 10.1 Å². The summed E-state index contributed by atoms with van der Waals surface area (Å²) in [5.41, 5.74) is 0.775. The quantitative estimate of drug-likeness (QED) is 0.560. The molecule has 0 spiro atoms. The number of carbonyl (C=O) groups excluding carboxylic acids is 2. The summed E-state index contributed by atoms with van der Waals surface area (Å²) in [7, 11) is 0. The second-order valence-corrected chi connectivity index (χ2v) is 6.12. The molecule has 0 saturated carbocycles. The minimum Gasteiger partial charge on any atom is -0.465 e. The van der Waals surface area contributed by atoms with E-state index in [2.05, 4.69) is 10.3 Å². The number of hydrogen-bond acceptors (Lipinski definition) is 4. The van der Waals surface area contributed by atoms with Crippen LogP contribution < -0.4 is 5.32 Å². The van der Waals surface area contributed by atoms with Crippen LogP contribution in [0.15, 0.2) is 48.7 Å². The molecule has 1 aromatic heterocycles. The molecule has 1 aromatic carbocycles. The maximum atomic E-state index is 12.3. The van der Waals surface area contributed by atoms with Crippen molar-refractivity contribution in [2.75, 3.05) is 11.9 Å². The first-order chi connectivity index (χ1) is 12.6. The lowest BCUT2D eigenvalue weighted by atomic mass is 9.82. The molecular formula is C21H26N2O3. The maximum Gasteiger partial charge on any atom is 0.315 e. The molecular weight excluding hydrogens is 328 g/mol. The average molecular weight is 354 g/mol. The molecule has 1 amide bonds. The van der Waals surface area contributed by atoms with E-state index in [0.717, 1.165) is 10.9 Å². The Balaban J connectivity index is 2.07. The topological polar surface area (TPSA) is 68.3 Å². The summed E-state index contributed by atoms with van der Waals surface area (Å²) in [6.45, 7) is 6.05. The maximum absolute atomic E-state index is 12.3. The smallest absolute Gasteiger partial charge is 0.315 e. The molecule has 138 valence electrons. The highest BCUT2D eigenvalue weighted by atomic mass is 16.5. The van der Waals surface area contributed by atoms with Gasteiger partial charge in [0.05, 0.1) is 23.2 Å². The average Bonchev–Trinajstić information content (AvgIpc) is 2.66. The predicted molar refractivity (Wildman–Crippen MR) is 104 cm³/mol. The number of pyridine rings is 1. The molecule has 0 radical (unpaired) electrons. The number of benzene rings is 1. The van der Waals surface area contributed by atoms with Crippen LogP contribution in [0.25, 0.3) is 10.9 Å². The van der Waals surface area contributed by atoms with Crippen molar-refractivity contribution in [2.24, 2.45) is 5.41 Å². The van der Waals surface area contributed by atoms with Gasteiger partial charge >= 0.3 is 5.97 Å². The number of nitrogens with zero attached hydrogens (tertiary/aromatic N) is 1. The summed E-state index contributed by atoms with van der Waals surface area (Å²) in [6, 6.07) is 9.48. The van der Waals surface area contributed by atoms with Gasteiger partial charge in [0.2, 0.25) is 5.91 Å². The molecule has 0 aliphatic rings. The van der Waals surface area contributed by atoms with Crippen LogP contribution in [0.3, 0.4) is 0 Å². The molecule has 0 aliphatic heterocycles. The molecule has 26 heavy (non-hydrogen) atoms. The van der Waals surface area contributed by atoms with Crippen LogP contribution in [0.2, 0.25) is 0 Å². The number of nitrogens with one attached hydrogen (secondary N) is 1. The van der Waals surface area contributed by atoms with Crippen LogP contribution in [-0.2, 0) is 14.3 Å². The Bertz CT molecular complexity index is 789. The minimum absolute atomic E-state index is 0.149. The minimum atomic E-state index is -0.669. The summed E-state index contributed by atoms with van der Waals surface area (Å²) in [5, 5.41) is 3.86. The number of fused-ring (bicyclic) bond motifs is 1. The molecule has 0 bridgehead atoms. The first-order valence-electron chi connectivity index (χ1n) is 9.04. The number of amides is 1. The van der Waals surface area contributed by atoms with Gasteiger partial charge in [0.15, 0.2) is 0 Å². The van der Waals surface area contributed by atoms with Crippen LogP contribution in [0.1, 0.15) is 40.0 Å². The van der Waals surface area contributed by atoms with Gasteiger partial charge in [0, 0.05) is 18.0 Å². The number of aromatic nitrogens is 1. The lowest BCUT2D eigenvalue weighted by molar-refractivity contribution is -0.152. The number of anilines is 1. The fraction of sp³-hybridized carbons (Fsp3) is 0.381. The summed E-state index contributed by atoms with van der Waals surface area (Å²) < 4.78 is 5.19. The third-order valence-corrected chi connectivity index (χ3v) is 4.59. The number of hydrogen-bond donors (Lipinski definition) is 1. The van der Waals surface area contributed by atoms with Crippen molar-refractivity contribution >= 4 is 28.5 Å². The van der Waals surface area contributed by atoms with Crippen molar-refractivity contribution < 1.29 is 14.3 Å². The summed E-state index contributed by atoms with van der Waals surface area (Å²) >= 11 is 0. The molecule has 5 heteroatoms. The monoisotopic (exact) mass is 354 g/mol. The molecule has 2 rings (SSSR count). The van der Waals surface area contributed by atoms with E-state index in [4.69, 9.17) is 4.74 Å². The third kappa shape index (κ3) is 4.48. The normalized spacial score (nSPS) is 11.7. The Morgan fingerprint density at radius 2 is 1.88 bits per heavy atom. The Kier molecular flexibility index (Phi) is 6.89. The van der Waals surface area contributed by atoms with Crippen molar-refractivity contribution in [3.8, 4) is 0 Å². The predicted octanol–water partition coefficient (Wildman–Crippen LogP) is 4.49. The van der Waals surface area contributed by atoms with Crippen molar-refractivity contribution in [3.05, 3.63) is 48.7 Å². The van der Waals surface area contributed by atoms with Crippen LogP contribution in [0.5, 0.6) is 0 Å². The van der Waals surface area contributed by atoms with E-state index in [1.165, 1.54) is 0 Å². The molecule has 5 nitrogen and oxygen atoms in total. The van der Waals surface area contributed by atoms with Crippen LogP contribution in [0, 0.1) is 5.41 Å². The van der Waals surface area contributed by atoms with Crippen molar-refractivity contribution in [1.82, 2.24) is 4.98 Å². The molecule has 0 aliphatic carbocycles. The fourth-order valence-corrected chi connectivity index (χ4v) is 2.92. The fourth-order valence-electron chi connectivity index (χ4n) is 2.92. The second kappa shape index (κ2) is 9.13. The third-order valence-electron chi connectivity index (χ3n) is 4.59. The lowest BCUT2D eigenvalue weighted by Gasteiger charge is -2.25. The summed E-state index contributed by atoms with van der Waals surface area (Å²) in [6.07, 6.45) is 6.71. The number of rotatable bonds is 8. The van der Waals surface area contributed by atoms with Gasteiger partial charge in [-0.2, -0.15) is 0 Å². The van der Waals surface area contributed by atoms with Gasteiger partial charge in [-0.25, -0.2) is 0 Å². The SMILES string of the molecule is CCOC(=O)C(/C=C/CC(=O)Nc1cccc2cccnc12)(CC)CC. The molecule has 0 atom stereocenters. The highest BCUT2D eigenvalue weighted by Gasteiger charge is 2.33. The largest absolute Gasteiger partial charge is 0.465 e. The Morgan fingerprint density at radius 3 is 2.58 bits per heavy atom. The van der Waals surface area contributed by atoms with E-state index in [9.17, 15) is 9.59 Å². The zero-order valence-electron chi connectivity index (χ0n) is 15.6. The summed E-state index contributed by atoms with van der Waals surface area (Å²) in [5.74, 6) is -0.385. The Hall–Kier alpha value is -2.69. The molecule has 0 saturated heterocycles. The highest BCUT2D eigenvalue weighted by Crippen LogP contribution is 2.30. The second-order valence-electron chi connectivity index (χ2n) is 6.12. The van der Waals surface area contributed by atoms with Gasteiger partial charge in [0.1, 0.15) is 0 Å². The van der Waals surface area contributed by atoms with Gasteiger partial charge in [0.25, 0.3) is 0 Å². The molecule has 1 N–H and O–H groups in total. The zero-order valence-corrected chi connectivity index (χ0v) is 15.6. The number of para-hydroxylation sites is 1. The standard InChI is InChI=1S/C21H26N2O3/c1-4-21(5-2,20(25)26-6-3)14-8-13-18(24)23-17-12-7-10-16-11-9-15-22-19(16)17/h7-12,14-15H,4-6,13H2,1-3H3,(H,23,24)/b14-8+. The zero-order chi connectivity index (χ0) is 19.0. The van der Waals surface area contributed by atoms with Gasteiger partial charge in [-0.15, -0.1) is 0 Å². The van der Waals surface area contributed by atoms with Crippen molar-refractivity contribution in [2.45, 2.75) is 40.0 Å². The lowest BCUT2D eigenvalue weighted by Crippen LogP contribution is -2.30. The number of esters is 1. The van der Waals surface area contributed by atoms with Gasteiger partial charge in [-0.3, -0.25) is 14.6 Å². The van der Waals surface area contributed by atoms with E-state index in [-0.39, 0.29) is 18.3 Å². The molecule has 2 aromatic rings.